The molecule has 5 atom stereocenters. The molecule has 11 N–H and O–H groups in total. The number of unbranched alkanes of at least 4 members (excludes halogenated alkanes) is 1. The van der Waals surface area contributed by atoms with Gasteiger partial charge in [-0.2, -0.15) is 4.98 Å². The second-order valence-corrected chi connectivity index (χ2v) is 17.4. The molecule has 5 aromatic rings. The van der Waals surface area contributed by atoms with Gasteiger partial charge in [0.2, 0.25) is 40.5 Å². The first-order valence-electron chi connectivity index (χ1n) is 22.7. The van der Waals surface area contributed by atoms with Gasteiger partial charge >= 0.3 is 0 Å². The summed E-state index contributed by atoms with van der Waals surface area (Å²) in [6.45, 7) is 3.79. The van der Waals surface area contributed by atoms with Gasteiger partial charge in [0.15, 0.2) is 0 Å². The van der Waals surface area contributed by atoms with E-state index in [1.54, 1.807) is 72.8 Å². The maximum absolute atomic E-state index is 14.9. The van der Waals surface area contributed by atoms with E-state index in [1.807, 2.05) is 12.1 Å². The van der Waals surface area contributed by atoms with Crippen molar-refractivity contribution in [1.82, 2.24) is 41.3 Å². The highest BCUT2D eigenvalue weighted by Gasteiger charge is 2.36. The summed E-state index contributed by atoms with van der Waals surface area (Å²) in [5.41, 5.74) is 21.4. The molecule has 0 saturated carbocycles. The van der Waals surface area contributed by atoms with E-state index in [0.717, 1.165) is 11.1 Å². The van der Waals surface area contributed by atoms with Gasteiger partial charge < -0.3 is 52.8 Å². The Hall–Kier alpha value is -6.90. The Morgan fingerprint density at radius 1 is 0.800 bits per heavy atom. The standard InChI is InChI=1S/C49H57Cl2N11O8/c1-27(42(63)43-59-49(51)61-60-43)55-46(66)38-25-29-7-17-39(69-22-20-53)35(24-29)36-26-33(14-18-40(36)70-23-21-54)41(47(67)56-28(2)44(64)58-38)62(3)48(68)37(6-4-5-19-52)57-45(65)32-10-8-30(9-11-32)31-12-15-34(50)16-13-31/h7-18,24,26-28,37-38,41H,4-6,19-23,25,52-54H2,1-3H3,(H,55,66)(H,56,67)(H,57,65)(H,58,64)(H,59,60,61). The fourth-order valence-electron chi connectivity index (χ4n) is 7.83. The predicted octanol–water partition coefficient (Wildman–Crippen LogP) is 3.48. The number of nitrogens with one attached hydrogen (secondary N) is 5. The number of benzene rings is 4. The van der Waals surface area contributed by atoms with Gasteiger partial charge in [0, 0.05) is 48.3 Å². The van der Waals surface area contributed by atoms with E-state index in [4.69, 9.17) is 49.9 Å². The van der Waals surface area contributed by atoms with E-state index in [-0.39, 0.29) is 50.3 Å². The fraction of sp³-hybridized carbons (Fsp3) is 0.347. The molecule has 2 heterocycles. The lowest BCUT2D eigenvalue weighted by molar-refractivity contribution is -0.141. The number of halogens is 2. The number of aromatic amines is 1. The van der Waals surface area contributed by atoms with Gasteiger partial charge in [-0.3, -0.25) is 28.8 Å². The van der Waals surface area contributed by atoms with Crippen molar-refractivity contribution >= 4 is 58.5 Å². The SMILES string of the molecule is CC1NC(=O)C(N(C)C(=O)C(CCCCN)NC(=O)c2ccc(-c3ccc(Cl)cc3)cc2)c2ccc(OCCN)c(c2)-c2cc(ccc2OCCN)CC(C(=O)NC(C)C(=O)c2n[nH]c(Cl)n2)NC1=O. The van der Waals surface area contributed by atoms with Gasteiger partial charge in [0.1, 0.15) is 48.9 Å². The maximum Gasteiger partial charge on any atom is 0.251 e. The number of rotatable bonds is 19. The number of amides is 5. The minimum Gasteiger partial charge on any atom is -0.492 e. The van der Waals surface area contributed by atoms with Crippen molar-refractivity contribution in [2.24, 2.45) is 17.2 Å². The number of ketones is 1. The Kier molecular flexibility index (Phi) is 18.4. The smallest absolute Gasteiger partial charge is 0.251 e. The van der Waals surface area contributed by atoms with Crippen LogP contribution in [0.25, 0.3) is 22.3 Å². The zero-order valence-electron chi connectivity index (χ0n) is 38.9. The molecule has 21 heteroatoms. The van der Waals surface area contributed by atoms with Crippen molar-refractivity contribution < 1.29 is 38.2 Å². The van der Waals surface area contributed by atoms with Crippen molar-refractivity contribution in [3.05, 3.63) is 118 Å². The van der Waals surface area contributed by atoms with E-state index in [0.29, 0.717) is 63.7 Å². The number of aromatic nitrogens is 3. The lowest BCUT2D eigenvalue weighted by Gasteiger charge is -2.33. The number of carbonyl (C=O) groups excluding carboxylic acids is 6. The molecule has 4 bridgehead atoms. The van der Waals surface area contributed by atoms with Crippen LogP contribution in [0, 0.1) is 0 Å². The molecule has 0 radical (unpaired) electrons. The van der Waals surface area contributed by atoms with Crippen LogP contribution in [0.1, 0.15) is 71.3 Å². The van der Waals surface area contributed by atoms with Crippen LogP contribution in [0.15, 0.2) is 84.9 Å². The molecule has 70 heavy (non-hydrogen) atoms. The van der Waals surface area contributed by atoms with E-state index >= 15 is 0 Å². The first-order chi connectivity index (χ1) is 33.6. The number of hydrogen-bond acceptors (Lipinski definition) is 13. The molecule has 5 amide bonds. The third-order valence-electron chi connectivity index (χ3n) is 11.5. The molecular formula is C49H57Cl2N11O8. The van der Waals surface area contributed by atoms with Gasteiger partial charge in [-0.05, 0) is 122 Å². The Morgan fingerprint density at radius 2 is 1.43 bits per heavy atom. The first-order valence-corrected chi connectivity index (χ1v) is 23.5. The molecule has 0 fully saturated rings. The van der Waals surface area contributed by atoms with Crippen molar-refractivity contribution in [3.8, 4) is 33.8 Å². The summed E-state index contributed by atoms with van der Waals surface area (Å²) in [6.07, 6.45) is 1.13. The van der Waals surface area contributed by atoms with Gasteiger partial charge in [0.05, 0.1) is 6.04 Å². The largest absolute Gasteiger partial charge is 0.492 e. The van der Waals surface area contributed by atoms with Crippen LogP contribution < -0.4 is 47.9 Å². The lowest BCUT2D eigenvalue weighted by atomic mass is 9.93. The molecule has 0 spiro atoms. The molecule has 1 aromatic heterocycles. The summed E-state index contributed by atoms with van der Waals surface area (Å²) >= 11 is 11.9. The van der Waals surface area contributed by atoms with Crippen LogP contribution in [0.3, 0.4) is 0 Å². The molecule has 19 nitrogen and oxygen atoms in total. The Morgan fingerprint density at radius 3 is 2.04 bits per heavy atom. The number of Topliss-reactive ketones (excluding diaryl/α,β-unsaturated/α-hetero) is 1. The Bertz CT molecular complexity index is 2670. The number of ether oxygens (including phenoxy) is 2. The topological polar surface area (TPSA) is 292 Å². The highest BCUT2D eigenvalue weighted by molar-refractivity contribution is 6.30. The van der Waals surface area contributed by atoms with Gasteiger partial charge in [-0.1, -0.05) is 48.0 Å². The van der Waals surface area contributed by atoms with Gasteiger partial charge in [0.25, 0.3) is 5.91 Å². The number of H-pyrrole nitrogens is 1. The molecule has 0 aliphatic carbocycles. The number of hydrogen-bond donors (Lipinski definition) is 8. The lowest BCUT2D eigenvalue weighted by Crippen LogP contribution is -2.57. The molecule has 370 valence electrons. The van der Waals surface area contributed by atoms with Crippen molar-refractivity contribution in [1.29, 1.82) is 0 Å². The maximum atomic E-state index is 14.9. The Labute approximate surface area is 414 Å². The quantitative estimate of drug-likeness (QED) is 0.0435. The van der Waals surface area contributed by atoms with Gasteiger partial charge in [-0.25, -0.2) is 5.10 Å². The van der Waals surface area contributed by atoms with Crippen molar-refractivity contribution in [3.63, 3.8) is 0 Å². The molecule has 1 aliphatic rings. The van der Waals surface area contributed by atoms with E-state index in [9.17, 15) is 28.8 Å². The predicted molar refractivity (Wildman–Crippen MR) is 264 cm³/mol. The Balaban J connectivity index is 1.39. The molecule has 0 saturated heterocycles. The van der Waals surface area contributed by atoms with E-state index < -0.39 is 65.5 Å². The van der Waals surface area contributed by atoms with Crippen LogP contribution in [-0.4, -0.2) is 119 Å². The first kappa shape index (κ1) is 52.5. The molecule has 4 aromatic carbocycles. The van der Waals surface area contributed by atoms with Crippen LogP contribution in [0.2, 0.25) is 10.3 Å². The highest BCUT2D eigenvalue weighted by atomic mass is 35.5. The number of nitrogens with two attached hydrogens (primary N) is 3. The molecular weight excluding hydrogens is 942 g/mol. The monoisotopic (exact) mass is 997 g/mol. The van der Waals surface area contributed by atoms with Gasteiger partial charge in [-0.15, -0.1) is 5.10 Å². The third kappa shape index (κ3) is 13.2. The van der Waals surface area contributed by atoms with Crippen LogP contribution in [-0.2, 0) is 25.6 Å². The summed E-state index contributed by atoms with van der Waals surface area (Å²) in [4.78, 5) is 89.8. The van der Waals surface area contributed by atoms with Crippen molar-refractivity contribution in [2.75, 3.05) is 39.9 Å². The zero-order valence-corrected chi connectivity index (χ0v) is 40.4. The number of fused-ring (bicyclic) bond motifs is 5. The van der Waals surface area contributed by atoms with Crippen molar-refractivity contribution in [2.45, 2.75) is 69.7 Å². The number of nitrogens with zero attached hydrogens (tertiary/aromatic N) is 3. The molecule has 1 aliphatic heterocycles. The summed E-state index contributed by atoms with van der Waals surface area (Å²) in [7, 11) is 1.44. The fourth-order valence-corrected chi connectivity index (χ4v) is 8.08. The molecule has 6 rings (SSSR count). The average Bonchev–Trinajstić information content (AvgIpc) is 3.80. The normalized spacial score (nSPS) is 16.7. The minimum atomic E-state index is -1.41. The average molecular weight is 999 g/mol. The van der Waals surface area contributed by atoms with E-state index in [2.05, 4.69) is 36.4 Å². The zero-order chi connectivity index (χ0) is 50.5. The van der Waals surface area contributed by atoms with Crippen LogP contribution in [0.5, 0.6) is 11.5 Å². The number of likely N-dealkylation sites (N-methyl/N-ethyl adjacent to an activating group) is 1. The highest BCUT2D eigenvalue weighted by Crippen LogP contribution is 2.40. The van der Waals surface area contributed by atoms with Crippen LogP contribution >= 0.6 is 23.2 Å². The second kappa shape index (κ2) is 24.6. The molecule has 5 unspecified atom stereocenters. The second-order valence-electron chi connectivity index (χ2n) is 16.6. The summed E-state index contributed by atoms with van der Waals surface area (Å²) < 4.78 is 12.3. The summed E-state index contributed by atoms with van der Waals surface area (Å²) in [5.74, 6) is -3.54. The third-order valence-corrected chi connectivity index (χ3v) is 11.9. The number of carbonyl (C=O) groups is 6. The van der Waals surface area contributed by atoms with Crippen LogP contribution in [0.4, 0.5) is 0 Å². The summed E-state index contributed by atoms with van der Waals surface area (Å²) in [6, 6.07) is 18.0. The minimum absolute atomic E-state index is 0.0852. The van der Waals surface area contributed by atoms with E-state index in [1.165, 1.54) is 25.8 Å². The summed E-state index contributed by atoms with van der Waals surface area (Å²) in [5, 5.41) is 17.6.